The third-order valence-electron chi connectivity index (χ3n) is 5.51. The fraction of sp³-hybridized carbons (Fsp3) is 0.800. The number of aromatic nitrogens is 1. The van der Waals surface area contributed by atoms with E-state index in [0.717, 1.165) is 67.8 Å². The lowest BCUT2D eigenvalue weighted by molar-refractivity contribution is 0.166. The maximum absolute atomic E-state index is 5.73. The number of guanidine groups is 1. The van der Waals surface area contributed by atoms with Crippen molar-refractivity contribution in [3.8, 4) is 0 Å². The highest BCUT2D eigenvalue weighted by atomic mass is 32.2. The predicted octanol–water partition coefficient (Wildman–Crippen LogP) is 2.95. The Morgan fingerprint density at radius 1 is 1.26 bits per heavy atom. The number of rotatable bonds is 7. The van der Waals surface area contributed by atoms with E-state index < -0.39 is 0 Å². The summed E-state index contributed by atoms with van der Waals surface area (Å²) in [5.41, 5.74) is 1.01. The number of nitrogens with zero attached hydrogens (tertiary/aromatic N) is 3. The van der Waals surface area contributed by atoms with Crippen LogP contribution in [0.4, 0.5) is 0 Å². The minimum absolute atomic E-state index is 0.672. The van der Waals surface area contributed by atoms with E-state index >= 15 is 0 Å². The summed E-state index contributed by atoms with van der Waals surface area (Å²) in [5.74, 6) is 4.76. The Labute approximate surface area is 168 Å². The van der Waals surface area contributed by atoms with Crippen LogP contribution in [0.25, 0.3) is 0 Å². The molecule has 0 saturated carbocycles. The molecule has 3 heterocycles. The van der Waals surface area contributed by atoms with Gasteiger partial charge in [-0.05, 0) is 71.2 Å². The quantitative estimate of drug-likeness (QED) is 0.548. The fourth-order valence-electron chi connectivity index (χ4n) is 3.70. The first kappa shape index (κ1) is 20.5. The minimum atomic E-state index is 0.672. The molecule has 2 N–H and O–H groups in total. The van der Waals surface area contributed by atoms with Crippen LogP contribution in [0.3, 0.4) is 0 Å². The first-order valence-electron chi connectivity index (χ1n) is 10.4. The molecule has 1 atom stereocenters. The van der Waals surface area contributed by atoms with Crippen LogP contribution in [0.15, 0.2) is 9.41 Å². The van der Waals surface area contributed by atoms with Gasteiger partial charge in [0.15, 0.2) is 5.96 Å². The zero-order valence-corrected chi connectivity index (χ0v) is 17.9. The molecule has 0 aromatic carbocycles. The van der Waals surface area contributed by atoms with Crippen molar-refractivity contribution >= 4 is 17.7 Å². The number of piperidine rings is 1. The Kier molecular flexibility index (Phi) is 7.88. The van der Waals surface area contributed by atoms with Gasteiger partial charge in [-0.15, -0.1) is 0 Å². The van der Waals surface area contributed by atoms with Gasteiger partial charge >= 0.3 is 0 Å². The molecule has 152 valence electrons. The smallest absolute Gasteiger partial charge is 0.208 e. The topological polar surface area (TPSA) is 65.7 Å². The molecule has 7 heteroatoms. The number of hydrogen-bond donors (Lipinski definition) is 2. The van der Waals surface area contributed by atoms with Crippen molar-refractivity contribution in [2.75, 3.05) is 38.5 Å². The summed E-state index contributed by atoms with van der Waals surface area (Å²) in [7, 11) is 0. The van der Waals surface area contributed by atoms with Crippen molar-refractivity contribution in [1.82, 2.24) is 20.5 Å². The van der Waals surface area contributed by atoms with Gasteiger partial charge in [0, 0.05) is 24.9 Å². The summed E-state index contributed by atoms with van der Waals surface area (Å²) in [4.78, 5) is 11.8. The van der Waals surface area contributed by atoms with Gasteiger partial charge in [-0.25, -0.2) is 4.98 Å². The normalized spacial score (nSPS) is 22.3. The molecular weight excluding hydrogens is 358 g/mol. The minimum Gasteiger partial charge on any atom is -0.444 e. The molecule has 0 radical (unpaired) electrons. The molecule has 0 aliphatic carbocycles. The summed E-state index contributed by atoms with van der Waals surface area (Å²) in [6, 6.07) is 0. The maximum Gasteiger partial charge on any atom is 0.208 e. The SMILES string of the molecule is CCNC(=NCC1CCN(Cc2nc(C)c(C)o2)CC1)NCC1CCCS1. The lowest BCUT2D eigenvalue weighted by atomic mass is 9.97. The Morgan fingerprint density at radius 2 is 2.07 bits per heavy atom. The van der Waals surface area contributed by atoms with Crippen molar-refractivity contribution in [1.29, 1.82) is 0 Å². The number of aliphatic imine (C=N–C) groups is 1. The van der Waals surface area contributed by atoms with Crippen LogP contribution < -0.4 is 10.6 Å². The first-order valence-corrected chi connectivity index (χ1v) is 11.5. The van der Waals surface area contributed by atoms with Gasteiger partial charge in [0.2, 0.25) is 5.89 Å². The zero-order valence-electron chi connectivity index (χ0n) is 17.1. The van der Waals surface area contributed by atoms with Gasteiger partial charge in [0.1, 0.15) is 5.76 Å². The standard InChI is InChI=1S/C20H35N5OS/c1-4-21-20(23-13-18-6-5-11-27-18)22-12-17-7-9-25(10-8-17)14-19-24-15(2)16(3)26-19/h17-18H,4-14H2,1-3H3,(H2,21,22,23). The van der Waals surface area contributed by atoms with Crippen LogP contribution >= 0.6 is 11.8 Å². The second-order valence-electron chi connectivity index (χ2n) is 7.70. The number of hydrogen-bond acceptors (Lipinski definition) is 5. The van der Waals surface area contributed by atoms with Crippen LogP contribution in [0, 0.1) is 19.8 Å². The second kappa shape index (κ2) is 10.4. The third-order valence-corrected chi connectivity index (χ3v) is 6.91. The van der Waals surface area contributed by atoms with E-state index in [0.29, 0.717) is 5.92 Å². The molecule has 6 nitrogen and oxygen atoms in total. The van der Waals surface area contributed by atoms with Gasteiger partial charge in [0.05, 0.1) is 12.2 Å². The van der Waals surface area contributed by atoms with E-state index in [1.165, 1.54) is 31.4 Å². The first-order chi connectivity index (χ1) is 13.1. The average molecular weight is 394 g/mol. The van der Waals surface area contributed by atoms with Crippen molar-refractivity contribution in [2.45, 2.75) is 58.2 Å². The highest BCUT2D eigenvalue weighted by molar-refractivity contribution is 8.00. The predicted molar refractivity (Wildman–Crippen MR) is 113 cm³/mol. The van der Waals surface area contributed by atoms with Crippen molar-refractivity contribution < 1.29 is 4.42 Å². The molecule has 0 bridgehead atoms. The molecule has 3 rings (SSSR count). The second-order valence-corrected chi connectivity index (χ2v) is 9.11. The summed E-state index contributed by atoms with van der Waals surface area (Å²) >= 11 is 2.09. The van der Waals surface area contributed by atoms with Crippen molar-refractivity contribution in [2.24, 2.45) is 10.9 Å². The Bertz CT molecular complexity index is 584. The molecule has 1 unspecified atom stereocenters. The number of likely N-dealkylation sites (tertiary alicyclic amines) is 1. The van der Waals surface area contributed by atoms with E-state index in [1.807, 2.05) is 13.8 Å². The lowest BCUT2D eigenvalue weighted by Gasteiger charge is -2.30. The average Bonchev–Trinajstić information content (AvgIpc) is 3.29. The van der Waals surface area contributed by atoms with Crippen molar-refractivity contribution in [3.05, 3.63) is 17.3 Å². The van der Waals surface area contributed by atoms with E-state index in [2.05, 4.69) is 39.2 Å². The molecule has 1 aromatic rings. The Balaban J connectivity index is 1.40. The molecule has 0 amide bonds. The van der Waals surface area contributed by atoms with Gasteiger partial charge in [0.25, 0.3) is 0 Å². The monoisotopic (exact) mass is 393 g/mol. The largest absolute Gasteiger partial charge is 0.444 e. The molecule has 1 aromatic heterocycles. The summed E-state index contributed by atoms with van der Waals surface area (Å²) in [6.07, 6.45) is 5.08. The Hall–Kier alpha value is -1.21. The molecule has 2 aliphatic heterocycles. The molecule has 2 aliphatic rings. The summed E-state index contributed by atoms with van der Waals surface area (Å²) in [5, 5.41) is 7.68. The third kappa shape index (κ3) is 6.42. The van der Waals surface area contributed by atoms with Crippen molar-refractivity contribution in [3.63, 3.8) is 0 Å². The fourth-order valence-corrected chi connectivity index (χ4v) is 4.90. The molecular formula is C20H35N5OS. The number of nitrogens with one attached hydrogen (secondary N) is 2. The Morgan fingerprint density at radius 3 is 2.70 bits per heavy atom. The molecule has 0 spiro atoms. The van der Waals surface area contributed by atoms with Gasteiger partial charge in [-0.2, -0.15) is 11.8 Å². The van der Waals surface area contributed by atoms with Crippen LogP contribution in [0.5, 0.6) is 0 Å². The van der Waals surface area contributed by atoms with Gasteiger partial charge in [-0.1, -0.05) is 0 Å². The molecule has 2 saturated heterocycles. The van der Waals surface area contributed by atoms with Crippen LogP contribution in [0.1, 0.15) is 50.0 Å². The highest BCUT2D eigenvalue weighted by Gasteiger charge is 2.21. The van der Waals surface area contributed by atoms with E-state index in [9.17, 15) is 0 Å². The number of oxazole rings is 1. The zero-order chi connectivity index (χ0) is 19.1. The van der Waals surface area contributed by atoms with Crippen LogP contribution in [-0.4, -0.2) is 59.6 Å². The van der Waals surface area contributed by atoms with Gasteiger partial charge < -0.3 is 15.1 Å². The summed E-state index contributed by atoms with van der Waals surface area (Å²) < 4.78 is 5.73. The highest BCUT2D eigenvalue weighted by Crippen LogP contribution is 2.25. The van der Waals surface area contributed by atoms with E-state index in [-0.39, 0.29) is 0 Å². The van der Waals surface area contributed by atoms with E-state index in [1.54, 1.807) is 0 Å². The molecule has 2 fully saturated rings. The number of thioether (sulfide) groups is 1. The molecule has 27 heavy (non-hydrogen) atoms. The summed E-state index contributed by atoms with van der Waals surface area (Å²) in [6.45, 7) is 12.0. The van der Waals surface area contributed by atoms with Crippen LogP contribution in [0.2, 0.25) is 0 Å². The maximum atomic E-state index is 5.73. The van der Waals surface area contributed by atoms with E-state index in [4.69, 9.17) is 9.41 Å². The number of aryl methyl sites for hydroxylation is 2. The lowest BCUT2D eigenvalue weighted by Crippen LogP contribution is -2.41. The van der Waals surface area contributed by atoms with Crippen LogP contribution in [-0.2, 0) is 6.54 Å². The van der Waals surface area contributed by atoms with Gasteiger partial charge in [-0.3, -0.25) is 9.89 Å².